The number of rotatable bonds is 4. The van der Waals surface area contributed by atoms with Crippen molar-refractivity contribution in [1.29, 1.82) is 0 Å². The van der Waals surface area contributed by atoms with Crippen molar-refractivity contribution in [1.82, 2.24) is 0 Å². The van der Waals surface area contributed by atoms with Gasteiger partial charge in [-0.25, -0.2) is 0 Å². The summed E-state index contributed by atoms with van der Waals surface area (Å²) in [6, 6.07) is 3.27. The van der Waals surface area contributed by atoms with E-state index in [0.29, 0.717) is 29.5 Å². The Hall–Kier alpha value is -1.91. The Morgan fingerprint density at radius 2 is 2.12 bits per heavy atom. The van der Waals surface area contributed by atoms with Gasteiger partial charge in [0.1, 0.15) is 11.5 Å². The minimum absolute atomic E-state index is 0.175. The number of amides is 1. The van der Waals surface area contributed by atoms with Gasteiger partial charge in [0.25, 0.3) is 0 Å². The first-order chi connectivity index (χ1) is 7.58. The van der Waals surface area contributed by atoms with E-state index in [-0.39, 0.29) is 5.91 Å². The van der Waals surface area contributed by atoms with Crippen molar-refractivity contribution in [2.24, 2.45) is 0 Å². The highest BCUT2D eigenvalue weighted by atomic mass is 16.5. The fourth-order valence-corrected chi connectivity index (χ4v) is 1.31. The molecule has 88 valence electrons. The maximum Gasteiger partial charge on any atom is 0.221 e. The van der Waals surface area contributed by atoms with Crippen LogP contribution in [0.1, 0.15) is 13.8 Å². The molecule has 0 aliphatic rings. The third-order valence-corrected chi connectivity index (χ3v) is 1.94. The van der Waals surface area contributed by atoms with Crippen LogP contribution < -0.4 is 20.5 Å². The standard InChI is InChI=1S/C11H16N2O3/c1-4-16-10-6-9(13-7(2)14)11(15-3)5-8(10)12/h5-6H,4,12H2,1-3H3,(H,13,14). The van der Waals surface area contributed by atoms with E-state index in [4.69, 9.17) is 15.2 Å². The topological polar surface area (TPSA) is 73.6 Å². The maximum absolute atomic E-state index is 11.0. The van der Waals surface area contributed by atoms with Crippen molar-refractivity contribution < 1.29 is 14.3 Å². The van der Waals surface area contributed by atoms with Crippen LogP contribution in [0.5, 0.6) is 11.5 Å². The van der Waals surface area contributed by atoms with Crippen molar-refractivity contribution in [3.05, 3.63) is 12.1 Å². The number of carbonyl (C=O) groups is 1. The van der Waals surface area contributed by atoms with E-state index < -0.39 is 0 Å². The molecule has 0 atom stereocenters. The Kier molecular flexibility index (Phi) is 3.99. The Morgan fingerprint density at radius 1 is 1.44 bits per heavy atom. The van der Waals surface area contributed by atoms with E-state index in [1.807, 2.05) is 6.92 Å². The van der Waals surface area contributed by atoms with Gasteiger partial charge in [0, 0.05) is 19.1 Å². The van der Waals surface area contributed by atoms with Gasteiger partial charge in [0.05, 0.1) is 25.1 Å². The highest BCUT2D eigenvalue weighted by molar-refractivity contribution is 5.91. The molecule has 1 rings (SSSR count). The Labute approximate surface area is 94.5 Å². The molecule has 1 aromatic carbocycles. The van der Waals surface area contributed by atoms with Crippen LogP contribution in [0, 0.1) is 0 Å². The highest BCUT2D eigenvalue weighted by Crippen LogP contribution is 2.34. The number of carbonyl (C=O) groups excluding carboxylic acids is 1. The van der Waals surface area contributed by atoms with Crippen LogP contribution in [-0.2, 0) is 4.79 Å². The van der Waals surface area contributed by atoms with Crippen LogP contribution in [-0.4, -0.2) is 19.6 Å². The van der Waals surface area contributed by atoms with Gasteiger partial charge < -0.3 is 20.5 Å². The predicted molar refractivity (Wildman–Crippen MR) is 62.9 cm³/mol. The lowest BCUT2D eigenvalue weighted by Gasteiger charge is -2.13. The van der Waals surface area contributed by atoms with Gasteiger partial charge >= 0.3 is 0 Å². The number of methoxy groups -OCH3 is 1. The third kappa shape index (κ3) is 2.79. The van der Waals surface area contributed by atoms with E-state index in [2.05, 4.69) is 5.32 Å². The molecule has 0 aromatic heterocycles. The molecule has 0 bridgehead atoms. The molecular weight excluding hydrogens is 208 g/mol. The number of hydrogen-bond acceptors (Lipinski definition) is 4. The van der Waals surface area contributed by atoms with Crippen LogP contribution in [0.25, 0.3) is 0 Å². The van der Waals surface area contributed by atoms with E-state index >= 15 is 0 Å². The van der Waals surface area contributed by atoms with Crippen LogP contribution in [0.4, 0.5) is 11.4 Å². The van der Waals surface area contributed by atoms with E-state index in [9.17, 15) is 4.79 Å². The first kappa shape index (κ1) is 12.2. The fraction of sp³-hybridized carbons (Fsp3) is 0.364. The van der Waals surface area contributed by atoms with Gasteiger partial charge in [0.15, 0.2) is 0 Å². The van der Waals surface area contributed by atoms with Crippen molar-refractivity contribution >= 4 is 17.3 Å². The SMILES string of the molecule is CCOc1cc(NC(C)=O)c(OC)cc1N. The van der Waals surface area contributed by atoms with Crippen LogP contribution in [0.15, 0.2) is 12.1 Å². The summed E-state index contributed by atoms with van der Waals surface area (Å²) in [7, 11) is 1.51. The van der Waals surface area contributed by atoms with Gasteiger partial charge in [-0.3, -0.25) is 4.79 Å². The Morgan fingerprint density at radius 3 is 2.62 bits per heavy atom. The second-order valence-electron chi connectivity index (χ2n) is 3.20. The second kappa shape index (κ2) is 5.25. The molecule has 0 spiro atoms. The fourth-order valence-electron chi connectivity index (χ4n) is 1.31. The summed E-state index contributed by atoms with van der Waals surface area (Å²) in [6.45, 7) is 3.80. The molecular formula is C11H16N2O3. The van der Waals surface area contributed by atoms with Crippen molar-refractivity contribution in [3.8, 4) is 11.5 Å². The summed E-state index contributed by atoms with van der Waals surface area (Å²) in [5, 5.41) is 2.65. The number of ether oxygens (including phenoxy) is 2. The molecule has 5 nitrogen and oxygen atoms in total. The van der Waals surface area contributed by atoms with Gasteiger partial charge in [-0.2, -0.15) is 0 Å². The number of hydrogen-bond donors (Lipinski definition) is 2. The minimum Gasteiger partial charge on any atom is -0.494 e. The smallest absolute Gasteiger partial charge is 0.221 e. The minimum atomic E-state index is -0.175. The Balaban J connectivity index is 3.12. The maximum atomic E-state index is 11.0. The zero-order valence-electron chi connectivity index (χ0n) is 9.66. The molecule has 0 aliphatic carbocycles. The average Bonchev–Trinajstić information content (AvgIpc) is 2.22. The first-order valence-corrected chi connectivity index (χ1v) is 4.96. The lowest BCUT2D eigenvalue weighted by atomic mass is 10.2. The number of benzene rings is 1. The number of nitrogens with one attached hydrogen (secondary N) is 1. The summed E-state index contributed by atoms with van der Waals surface area (Å²) in [4.78, 5) is 11.0. The molecule has 5 heteroatoms. The van der Waals surface area contributed by atoms with Crippen LogP contribution in [0.2, 0.25) is 0 Å². The third-order valence-electron chi connectivity index (χ3n) is 1.94. The molecule has 0 saturated heterocycles. The lowest BCUT2D eigenvalue weighted by Crippen LogP contribution is -2.08. The summed E-state index contributed by atoms with van der Waals surface area (Å²) in [5.41, 5.74) is 6.79. The Bertz CT molecular complexity index is 391. The average molecular weight is 224 g/mol. The van der Waals surface area contributed by atoms with Crippen molar-refractivity contribution in [2.75, 3.05) is 24.8 Å². The largest absolute Gasteiger partial charge is 0.494 e. The summed E-state index contributed by atoms with van der Waals surface area (Å²) < 4.78 is 10.4. The predicted octanol–water partition coefficient (Wildman–Crippen LogP) is 1.63. The van der Waals surface area contributed by atoms with E-state index in [1.165, 1.54) is 14.0 Å². The summed E-state index contributed by atoms with van der Waals surface area (Å²) >= 11 is 0. The zero-order chi connectivity index (χ0) is 12.1. The summed E-state index contributed by atoms with van der Waals surface area (Å²) in [5.74, 6) is 0.869. The second-order valence-corrected chi connectivity index (χ2v) is 3.20. The quantitative estimate of drug-likeness (QED) is 0.762. The lowest BCUT2D eigenvalue weighted by molar-refractivity contribution is -0.114. The van der Waals surface area contributed by atoms with Gasteiger partial charge in [-0.05, 0) is 6.92 Å². The van der Waals surface area contributed by atoms with Gasteiger partial charge in [-0.15, -0.1) is 0 Å². The van der Waals surface area contributed by atoms with Crippen LogP contribution >= 0.6 is 0 Å². The number of anilines is 2. The molecule has 0 saturated carbocycles. The molecule has 0 fully saturated rings. The molecule has 1 aromatic rings. The summed E-state index contributed by atoms with van der Waals surface area (Å²) in [6.07, 6.45) is 0. The molecule has 0 heterocycles. The molecule has 16 heavy (non-hydrogen) atoms. The van der Waals surface area contributed by atoms with Crippen molar-refractivity contribution in [3.63, 3.8) is 0 Å². The van der Waals surface area contributed by atoms with Gasteiger partial charge in [0.2, 0.25) is 5.91 Å². The van der Waals surface area contributed by atoms with Gasteiger partial charge in [-0.1, -0.05) is 0 Å². The molecule has 1 amide bonds. The number of nitrogen functional groups attached to an aromatic ring is 1. The normalized spacial score (nSPS) is 9.69. The highest BCUT2D eigenvalue weighted by Gasteiger charge is 2.10. The molecule has 0 radical (unpaired) electrons. The first-order valence-electron chi connectivity index (χ1n) is 4.96. The van der Waals surface area contributed by atoms with E-state index in [1.54, 1.807) is 12.1 Å². The van der Waals surface area contributed by atoms with Crippen LogP contribution in [0.3, 0.4) is 0 Å². The monoisotopic (exact) mass is 224 g/mol. The zero-order valence-corrected chi connectivity index (χ0v) is 9.66. The van der Waals surface area contributed by atoms with Crippen molar-refractivity contribution in [2.45, 2.75) is 13.8 Å². The van der Waals surface area contributed by atoms with E-state index in [0.717, 1.165) is 0 Å². The molecule has 0 unspecified atom stereocenters. The number of nitrogens with two attached hydrogens (primary N) is 1. The molecule has 3 N–H and O–H groups in total. The molecule has 0 aliphatic heterocycles.